The predicted molar refractivity (Wildman–Crippen MR) is 232 cm³/mol. The normalized spacial score (nSPS) is 13.1. The molecule has 0 aliphatic heterocycles. The molecule has 57 heavy (non-hydrogen) atoms. The van der Waals surface area contributed by atoms with Crippen LogP contribution in [-0.2, 0) is 11.2 Å². The van der Waals surface area contributed by atoms with Crippen LogP contribution in [0.2, 0.25) is 0 Å². The first kappa shape index (κ1) is 59.9. The monoisotopic (exact) mass is 813 g/mol. The van der Waals surface area contributed by atoms with Gasteiger partial charge in [0.15, 0.2) is 11.2 Å². The second-order valence-corrected chi connectivity index (χ2v) is 12.2. The molecule has 3 nitrogen and oxygen atoms in total. The van der Waals surface area contributed by atoms with Crippen molar-refractivity contribution in [3.05, 3.63) is 156 Å². The standard InChI is InChI=1S/C13H17F3O.C11H11F3O.C10H14.C8H8.2C2H6.Al.B.HN/c1-4-9(2)10-5-7-11(8-6-10)12(3,17)13(14,15)16;1-3-8-4-6-9(7-5-8)10(2,15)11(12,13)14;1-3-9(2)10-7-5-4-6-8-10;1-2-8-6-4-3-5-7-8;2*1-2;;;/h5-9,17H,4H2,1-3H3;3-7,15H,1H2,2H3;4-9H,3H2,1-2H3;2-7H,1H2;2*1-2H3;;;1H. The summed E-state index contributed by atoms with van der Waals surface area (Å²) in [5, 5.41) is 18.8. The van der Waals surface area contributed by atoms with E-state index in [9.17, 15) is 36.6 Å². The SMILES string of the molecule is C=Cc1ccc(C(C)(O)C(F)(F)F)cc1.C=Cc1ccccc1.CC.CC.CCC(C)c1ccc(C(C)(O)C(F)(F)F)cc1.CCC(C)c1ccccc1.[B].[NH]=[Al]. The van der Waals surface area contributed by atoms with Gasteiger partial charge in [-0.05, 0) is 71.9 Å². The summed E-state index contributed by atoms with van der Waals surface area (Å²) in [6, 6.07) is 32.1. The number of hydrogen-bond donors (Lipinski definition) is 3. The van der Waals surface area contributed by atoms with Crippen molar-refractivity contribution in [2.45, 2.75) is 117 Å². The van der Waals surface area contributed by atoms with Gasteiger partial charge in [0.2, 0.25) is 0 Å². The van der Waals surface area contributed by atoms with Crippen LogP contribution >= 0.6 is 0 Å². The van der Waals surface area contributed by atoms with Crippen molar-refractivity contribution in [3.63, 3.8) is 0 Å². The molecule has 4 aromatic rings. The third-order valence-corrected chi connectivity index (χ3v) is 8.48. The number of aliphatic hydroxyl groups is 2. The average Bonchev–Trinajstić information content (AvgIpc) is 3.23. The van der Waals surface area contributed by atoms with Crippen LogP contribution in [0.15, 0.2) is 122 Å². The summed E-state index contributed by atoms with van der Waals surface area (Å²) in [4.78, 5) is 0. The van der Waals surface area contributed by atoms with Crippen LogP contribution in [0.3, 0.4) is 0 Å². The second kappa shape index (κ2) is 31.3. The van der Waals surface area contributed by atoms with Crippen LogP contribution in [0, 0.1) is 4.35 Å². The Hall–Kier alpha value is -3.74. The van der Waals surface area contributed by atoms with Gasteiger partial charge in [-0.2, -0.15) is 26.3 Å². The molecule has 0 heterocycles. The van der Waals surface area contributed by atoms with E-state index >= 15 is 0 Å². The quantitative estimate of drug-likeness (QED) is 0.123. The number of halogens is 6. The van der Waals surface area contributed by atoms with Gasteiger partial charge in [-0.3, -0.25) is 0 Å². The van der Waals surface area contributed by atoms with Crippen molar-refractivity contribution in [2.24, 2.45) is 0 Å². The fourth-order valence-electron chi connectivity index (χ4n) is 4.25. The van der Waals surface area contributed by atoms with Gasteiger partial charge in [-0.15, -0.1) is 0 Å². The maximum absolute atomic E-state index is 12.6. The average molecular weight is 814 g/mol. The first-order chi connectivity index (χ1) is 26.3. The Kier molecular flexibility index (Phi) is 32.9. The van der Waals surface area contributed by atoms with Gasteiger partial charge in [-0.1, -0.05) is 190 Å². The van der Waals surface area contributed by atoms with Crippen molar-refractivity contribution in [2.75, 3.05) is 0 Å². The third-order valence-electron chi connectivity index (χ3n) is 8.48. The molecule has 0 saturated heterocycles. The van der Waals surface area contributed by atoms with E-state index in [1.807, 2.05) is 78.0 Å². The fraction of sp³-hybridized carbons (Fsp3) is 0.391. The zero-order chi connectivity index (χ0) is 44.2. The van der Waals surface area contributed by atoms with Crippen LogP contribution < -0.4 is 0 Å². The van der Waals surface area contributed by atoms with E-state index in [-0.39, 0.29) is 19.5 Å². The van der Waals surface area contributed by atoms with Crippen LogP contribution in [0.5, 0.6) is 0 Å². The van der Waals surface area contributed by atoms with Crippen LogP contribution in [0.4, 0.5) is 26.3 Å². The summed E-state index contributed by atoms with van der Waals surface area (Å²) in [5.41, 5.74) is -1.60. The minimum absolute atomic E-state index is 0. The Balaban J connectivity index is -0.000000321. The van der Waals surface area contributed by atoms with E-state index in [0.29, 0.717) is 17.4 Å². The fourth-order valence-corrected chi connectivity index (χ4v) is 4.25. The van der Waals surface area contributed by atoms with Gasteiger partial charge >= 0.3 is 32.8 Å². The van der Waals surface area contributed by atoms with Crippen molar-refractivity contribution in [1.82, 2.24) is 0 Å². The van der Waals surface area contributed by atoms with E-state index in [2.05, 4.69) is 57.3 Å². The predicted octanol–water partition coefficient (Wildman–Crippen LogP) is 14.2. The first-order valence-electron chi connectivity index (χ1n) is 18.7. The number of nitrogens with one attached hydrogen (secondary N) is 1. The molecular formula is C46H63AlBF6NO2. The molecule has 0 aromatic heterocycles. The molecule has 4 radical (unpaired) electrons. The first-order valence-corrected chi connectivity index (χ1v) is 19.3. The number of alkyl halides is 6. The molecule has 0 aliphatic rings. The molecule has 4 unspecified atom stereocenters. The van der Waals surface area contributed by atoms with E-state index in [4.69, 9.17) is 4.35 Å². The molecule has 0 amide bonds. The molecule has 4 aromatic carbocycles. The molecule has 0 bridgehead atoms. The van der Waals surface area contributed by atoms with Gasteiger partial charge in [0.25, 0.3) is 0 Å². The van der Waals surface area contributed by atoms with E-state index in [1.54, 1.807) is 28.2 Å². The number of rotatable bonds is 8. The summed E-state index contributed by atoms with van der Waals surface area (Å²) in [6.45, 7) is 25.1. The molecule has 312 valence electrons. The molecule has 0 saturated carbocycles. The van der Waals surface area contributed by atoms with E-state index in [1.165, 1.54) is 60.0 Å². The second-order valence-electron chi connectivity index (χ2n) is 12.2. The Labute approximate surface area is 349 Å². The van der Waals surface area contributed by atoms with E-state index < -0.39 is 23.6 Å². The minimum atomic E-state index is -4.68. The van der Waals surface area contributed by atoms with Crippen LogP contribution in [0.1, 0.15) is 127 Å². The molecule has 4 rings (SSSR count). The van der Waals surface area contributed by atoms with Gasteiger partial charge < -0.3 is 10.2 Å². The molecule has 11 heteroatoms. The summed E-state index contributed by atoms with van der Waals surface area (Å²) in [7, 11) is 0. The topological polar surface area (TPSA) is 64.3 Å². The van der Waals surface area contributed by atoms with Gasteiger partial charge in [0.05, 0.1) is 0 Å². The Morgan fingerprint density at radius 2 is 0.807 bits per heavy atom. The molecular weight excluding hydrogens is 750 g/mol. The van der Waals surface area contributed by atoms with Crippen LogP contribution in [0.25, 0.3) is 12.2 Å². The molecule has 3 N–H and O–H groups in total. The zero-order valence-electron chi connectivity index (χ0n) is 35.3. The summed E-state index contributed by atoms with van der Waals surface area (Å²) < 4.78 is 80.7. The Morgan fingerprint density at radius 3 is 1.07 bits per heavy atom. The van der Waals surface area contributed by atoms with Crippen LogP contribution in [-0.4, -0.2) is 47.1 Å². The maximum atomic E-state index is 12.6. The summed E-state index contributed by atoms with van der Waals surface area (Å²) in [5.74, 6) is 1.01. The van der Waals surface area contributed by atoms with Crippen molar-refractivity contribution in [1.29, 1.82) is 4.35 Å². The molecule has 4 atom stereocenters. The summed E-state index contributed by atoms with van der Waals surface area (Å²) in [6.07, 6.45) is -3.83. The molecule has 0 spiro atoms. The molecule has 0 aliphatic carbocycles. The number of benzene rings is 4. The number of hydrogen-bond acceptors (Lipinski definition) is 3. The summed E-state index contributed by atoms with van der Waals surface area (Å²) >= 11 is 1.67. The zero-order valence-corrected chi connectivity index (χ0v) is 36.5. The van der Waals surface area contributed by atoms with Gasteiger partial charge in [-0.25, -0.2) is 0 Å². The van der Waals surface area contributed by atoms with Crippen molar-refractivity contribution >= 4 is 36.7 Å². The van der Waals surface area contributed by atoms with E-state index in [0.717, 1.165) is 25.8 Å². The van der Waals surface area contributed by atoms with Crippen molar-refractivity contribution < 1.29 is 36.6 Å². The third kappa shape index (κ3) is 21.6. The molecule has 0 fully saturated rings. The Morgan fingerprint density at radius 1 is 0.544 bits per heavy atom. The Bertz CT molecular complexity index is 1560. The van der Waals surface area contributed by atoms with Gasteiger partial charge in [0.1, 0.15) is 0 Å². The van der Waals surface area contributed by atoms with Crippen molar-refractivity contribution in [3.8, 4) is 0 Å². The van der Waals surface area contributed by atoms with Gasteiger partial charge in [0, 0.05) is 8.41 Å².